The quantitative estimate of drug-likeness (QED) is 0.259. The number of rotatable bonds is 20. The van der Waals surface area contributed by atoms with Gasteiger partial charge in [0.25, 0.3) is 0 Å². The van der Waals surface area contributed by atoms with Crippen LogP contribution in [0, 0.1) is 0 Å². The highest BCUT2D eigenvalue weighted by atomic mass is 16.4. The van der Waals surface area contributed by atoms with Crippen molar-refractivity contribution in [3.05, 3.63) is 0 Å². The van der Waals surface area contributed by atoms with Crippen LogP contribution >= 0.6 is 0 Å². The van der Waals surface area contributed by atoms with Crippen LogP contribution in [0.2, 0.25) is 0 Å². The van der Waals surface area contributed by atoms with Gasteiger partial charge in [0.15, 0.2) is 0 Å². The highest BCUT2D eigenvalue weighted by Gasteiger charge is 2.12. The van der Waals surface area contributed by atoms with E-state index < -0.39 is 11.9 Å². The lowest BCUT2D eigenvalue weighted by Crippen LogP contribution is -2.36. The molecule has 0 aliphatic carbocycles. The van der Waals surface area contributed by atoms with E-state index in [1.54, 1.807) is 0 Å². The molecule has 0 saturated heterocycles. The summed E-state index contributed by atoms with van der Waals surface area (Å²) >= 11 is 0. The van der Waals surface area contributed by atoms with Crippen molar-refractivity contribution in [2.75, 3.05) is 20.6 Å². The van der Waals surface area contributed by atoms with Crippen LogP contribution in [-0.2, 0) is 14.4 Å². The second kappa shape index (κ2) is 18.4. The van der Waals surface area contributed by atoms with E-state index in [0.717, 1.165) is 83.6 Å². The van der Waals surface area contributed by atoms with E-state index in [2.05, 4.69) is 5.32 Å². The maximum Gasteiger partial charge on any atom is 0.303 e. The van der Waals surface area contributed by atoms with Gasteiger partial charge in [-0.05, 0) is 39.8 Å². The topological polar surface area (TPSA) is 107 Å². The fourth-order valence-corrected chi connectivity index (χ4v) is 3.31. The number of hydrogen-bond donors (Lipinski definition) is 3. The number of carboxylic acid groups (broad SMARTS) is 2. The van der Waals surface area contributed by atoms with Crippen molar-refractivity contribution >= 4 is 17.8 Å². The van der Waals surface area contributed by atoms with Gasteiger partial charge in [0, 0.05) is 31.8 Å². The monoisotopic (exact) mass is 414 g/mol. The molecule has 3 N–H and O–H groups in total. The number of hydrogen-bond acceptors (Lipinski definition) is 4. The predicted molar refractivity (Wildman–Crippen MR) is 115 cm³/mol. The lowest BCUT2D eigenvalue weighted by molar-refractivity contribution is -0.138. The maximum atomic E-state index is 12.2. The Kier molecular flexibility index (Phi) is 17.4. The van der Waals surface area contributed by atoms with E-state index in [-0.39, 0.29) is 24.8 Å². The van der Waals surface area contributed by atoms with E-state index in [1.807, 2.05) is 19.0 Å². The number of nitrogens with zero attached hydrogens (tertiary/aromatic N) is 1. The lowest BCUT2D eigenvalue weighted by atomic mass is 9.99. The van der Waals surface area contributed by atoms with E-state index in [0.29, 0.717) is 6.42 Å². The second-order valence-electron chi connectivity index (χ2n) is 8.22. The molecule has 0 radical (unpaired) electrons. The fraction of sp³-hybridized carbons (Fsp3) is 0.864. The molecule has 0 aromatic carbocycles. The summed E-state index contributed by atoms with van der Waals surface area (Å²) in [5.41, 5.74) is 0. The van der Waals surface area contributed by atoms with Crippen LogP contribution in [0.3, 0.4) is 0 Å². The van der Waals surface area contributed by atoms with E-state index in [1.165, 1.54) is 0 Å². The second-order valence-corrected chi connectivity index (χ2v) is 8.22. The first-order chi connectivity index (χ1) is 13.8. The van der Waals surface area contributed by atoms with Gasteiger partial charge in [0.05, 0.1) is 0 Å². The van der Waals surface area contributed by atoms with Crippen LogP contribution in [0.15, 0.2) is 0 Å². The third-order valence-electron chi connectivity index (χ3n) is 5.04. The standard InChI is InChI=1S/C22H42N2O5/c1-24(2)18-17-20(25)23-19(13-9-5-3-7-11-15-21(26)27)14-10-6-4-8-12-16-22(28)29/h19H,3-18H2,1-2H3,(H,23,25)(H,26,27)(H,28,29). The minimum atomic E-state index is -0.728. The van der Waals surface area contributed by atoms with Gasteiger partial charge in [-0.2, -0.15) is 0 Å². The van der Waals surface area contributed by atoms with Gasteiger partial charge in [-0.3, -0.25) is 14.4 Å². The van der Waals surface area contributed by atoms with Gasteiger partial charge in [-0.15, -0.1) is 0 Å². The van der Waals surface area contributed by atoms with E-state index >= 15 is 0 Å². The van der Waals surface area contributed by atoms with Crippen molar-refractivity contribution in [1.29, 1.82) is 0 Å². The van der Waals surface area contributed by atoms with Gasteiger partial charge in [0.2, 0.25) is 5.91 Å². The molecule has 0 heterocycles. The van der Waals surface area contributed by atoms with Gasteiger partial charge >= 0.3 is 11.9 Å². The van der Waals surface area contributed by atoms with Crippen molar-refractivity contribution in [2.45, 2.75) is 102 Å². The molecule has 0 bridgehead atoms. The summed E-state index contributed by atoms with van der Waals surface area (Å²) in [6, 6.07) is 0.197. The Morgan fingerprint density at radius 3 is 1.52 bits per heavy atom. The molecule has 0 fully saturated rings. The summed E-state index contributed by atoms with van der Waals surface area (Å²) in [4.78, 5) is 35.2. The molecule has 0 aromatic rings. The third-order valence-corrected chi connectivity index (χ3v) is 5.04. The molecule has 0 aromatic heterocycles. The number of amides is 1. The minimum absolute atomic E-state index is 0.103. The number of carbonyl (C=O) groups is 3. The first-order valence-corrected chi connectivity index (χ1v) is 11.2. The highest BCUT2D eigenvalue weighted by molar-refractivity contribution is 5.76. The Labute approximate surface area is 176 Å². The van der Waals surface area contributed by atoms with Crippen LogP contribution < -0.4 is 5.32 Å². The Bertz CT molecular complexity index is 426. The maximum absolute atomic E-state index is 12.2. The molecule has 7 heteroatoms. The largest absolute Gasteiger partial charge is 0.481 e. The lowest BCUT2D eigenvalue weighted by Gasteiger charge is -2.20. The third kappa shape index (κ3) is 20.9. The number of nitrogens with one attached hydrogen (secondary N) is 1. The van der Waals surface area contributed by atoms with Crippen LogP contribution in [-0.4, -0.2) is 59.6 Å². The smallest absolute Gasteiger partial charge is 0.303 e. The normalized spacial score (nSPS) is 11.2. The Balaban J connectivity index is 4.06. The van der Waals surface area contributed by atoms with Gasteiger partial charge in [-0.25, -0.2) is 0 Å². The molecule has 0 rings (SSSR count). The summed E-state index contributed by atoms with van der Waals surface area (Å²) in [6.07, 6.45) is 12.6. The molecule has 0 aliphatic rings. The van der Waals surface area contributed by atoms with E-state index in [4.69, 9.17) is 10.2 Å². The summed E-state index contributed by atoms with van der Waals surface area (Å²) in [7, 11) is 3.92. The number of carbonyl (C=O) groups excluding carboxylic acids is 1. The van der Waals surface area contributed by atoms with Crippen molar-refractivity contribution in [3.8, 4) is 0 Å². The summed E-state index contributed by atoms with van der Waals surface area (Å²) in [5.74, 6) is -1.35. The molecule has 0 saturated carbocycles. The van der Waals surface area contributed by atoms with Crippen LogP contribution in [0.25, 0.3) is 0 Å². The number of unbranched alkanes of at least 4 members (excludes halogenated alkanes) is 8. The van der Waals surface area contributed by atoms with Gasteiger partial charge in [0.1, 0.15) is 0 Å². The van der Waals surface area contributed by atoms with Crippen molar-refractivity contribution in [3.63, 3.8) is 0 Å². The average Bonchev–Trinajstić information content (AvgIpc) is 2.63. The van der Waals surface area contributed by atoms with Gasteiger partial charge < -0.3 is 20.4 Å². The Hall–Kier alpha value is -1.63. The van der Waals surface area contributed by atoms with Crippen molar-refractivity contribution in [1.82, 2.24) is 10.2 Å². The van der Waals surface area contributed by atoms with Crippen LogP contribution in [0.4, 0.5) is 0 Å². The highest BCUT2D eigenvalue weighted by Crippen LogP contribution is 2.14. The molecule has 29 heavy (non-hydrogen) atoms. The number of carboxylic acids is 2. The number of aliphatic carboxylic acids is 2. The first kappa shape index (κ1) is 27.4. The molecular formula is C22H42N2O5. The average molecular weight is 415 g/mol. The zero-order chi connectivity index (χ0) is 21.9. The molecule has 7 nitrogen and oxygen atoms in total. The molecule has 0 aliphatic heterocycles. The zero-order valence-electron chi connectivity index (χ0n) is 18.5. The zero-order valence-corrected chi connectivity index (χ0v) is 18.5. The minimum Gasteiger partial charge on any atom is -0.481 e. The van der Waals surface area contributed by atoms with Gasteiger partial charge in [-0.1, -0.05) is 51.4 Å². The first-order valence-electron chi connectivity index (χ1n) is 11.2. The molecule has 170 valence electrons. The van der Waals surface area contributed by atoms with Crippen LogP contribution in [0.1, 0.15) is 96.3 Å². The SMILES string of the molecule is CN(C)CCC(=O)NC(CCCCCCCC(=O)O)CCCCCCCC(=O)O. The molecule has 0 spiro atoms. The van der Waals surface area contributed by atoms with Crippen molar-refractivity contribution < 1.29 is 24.6 Å². The summed E-state index contributed by atoms with van der Waals surface area (Å²) < 4.78 is 0. The molecular weight excluding hydrogens is 372 g/mol. The molecule has 0 atom stereocenters. The predicted octanol–water partition coefficient (Wildman–Crippen LogP) is 4.05. The van der Waals surface area contributed by atoms with Crippen molar-refractivity contribution in [2.24, 2.45) is 0 Å². The Morgan fingerprint density at radius 1 is 0.690 bits per heavy atom. The van der Waals surface area contributed by atoms with Crippen LogP contribution in [0.5, 0.6) is 0 Å². The Morgan fingerprint density at radius 2 is 1.10 bits per heavy atom. The fourth-order valence-electron chi connectivity index (χ4n) is 3.31. The summed E-state index contributed by atoms with van der Waals surface area (Å²) in [6.45, 7) is 0.742. The molecule has 0 unspecified atom stereocenters. The molecule has 1 amide bonds. The summed E-state index contributed by atoms with van der Waals surface area (Å²) in [5, 5.41) is 20.5. The van der Waals surface area contributed by atoms with E-state index in [9.17, 15) is 14.4 Å².